The van der Waals surface area contributed by atoms with Crippen LogP contribution < -0.4 is 20.7 Å². The highest BCUT2D eigenvalue weighted by atomic mass is 16.6. The maximum absolute atomic E-state index is 11.5. The lowest BCUT2D eigenvalue weighted by Crippen LogP contribution is -2.41. The van der Waals surface area contributed by atoms with Gasteiger partial charge >= 0.3 is 0 Å². The number of carbonyl (C=O) groups is 2. The second-order valence-electron chi connectivity index (χ2n) is 3.96. The number of nitrogens with two attached hydrogens (primary N) is 1. The Morgan fingerprint density at radius 1 is 1.52 bits per heavy atom. The van der Waals surface area contributed by atoms with Gasteiger partial charge in [0.2, 0.25) is 0 Å². The van der Waals surface area contributed by atoms with Gasteiger partial charge in [-0.05, 0) is 6.42 Å². The molecule has 9 nitrogen and oxygen atoms in total. The molecule has 0 aliphatic heterocycles. The highest BCUT2D eigenvalue weighted by Gasteiger charge is 2.24. The first-order valence-corrected chi connectivity index (χ1v) is 5.97. The molecule has 3 N–H and O–H groups in total. The molecule has 1 atom stereocenters. The third-order valence-electron chi connectivity index (χ3n) is 2.71. The van der Waals surface area contributed by atoms with Crippen molar-refractivity contribution in [3.63, 3.8) is 0 Å². The number of hydrogen-bond acceptors (Lipinski definition) is 7. The van der Waals surface area contributed by atoms with Crippen LogP contribution in [0, 0.1) is 10.1 Å². The minimum absolute atomic E-state index is 0.0229. The van der Waals surface area contributed by atoms with Crippen LogP contribution in [0.2, 0.25) is 0 Å². The molecule has 1 unspecified atom stereocenters. The number of nitro groups is 1. The number of aldehydes is 1. The molecule has 1 aromatic carbocycles. The van der Waals surface area contributed by atoms with Crippen LogP contribution in [-0.4, -0.2) is 30.3 Å². The molecule has 0 spiro atoms. The first-order valence-electron chi connectivity index (χ1n) is 5.97. The zero-order valence-electron chi connectivity index (χ0n) is 11.5. The number of hydrazine groups is 1. The van der Waals surface area contributed by atoms with E-state index in [0.29, 0.717) is 6.29 Å². The van der Waals surface area contributed by atoms with E-state index in [1.165, 1.54) is 13.2 Å². The van der Waals surface area contributed by atoms with E-state index in [-0.39, 0.29) is 23.5 Å². The summed E-state index contributed by atoms with van der Waals surface area (Å²) >= 11 is 0. The normalized spacial score (nSPS) is 11.4. The highest BCUT2D eigenvalue weighted by molar-refractivity contribution is 5.84. The number of ether oxygens (including phenoxy) is 2. The zero-order valence-corrected chi connectivity index (χ0v) is 11.5. The first-order chi connectivity index (χ1) is 9.98. The molecule has 1 amide bonds. The summed E-state index contributed by atoms with van der Waals surface area (Å²) < 4.78 is 10.4. The topological polar surface area (TPSA) is 134 Å². The molecule has 0 aliphatic carbocycles. The number of nitro benzene ring substituents is 1. The van der Waals surface area contributed by atoms with Gasteiger partial charge in [0.25, 0.3) is 11.6 Å². The fourth-order valence-electron chi connectivity index (χ4n) is 1.64. The largest absolute Gasteiger partial charge is 0.493 e. The molecule has 1 aromatic rings. The highest BCUT2D eigenvalue weighted by Crippen LogP contribution is 2.34. The molecule has 0 aliphatic rings. The lowest BCUT2D eigenvalue weighted by Gasteiger charge is -2.17. The lowest BCUT2D eigenvalue weighted by molar-refractivity contribution is -0.385. The fraction of sp³-hybridized carbons (Fsp3) is 0.333. The molecular weight excluding hydrogens is 282 g/mol. The van der Waals surface area contributed by atoms with Crippen LogP contribution in [-0.2, 0) is 4.79 Å². The summed E-state index contributed by atoms with van der Waals surface area (Å²) in [6.07, 6.45) is -0.311. The van der Waals surface area contributed by atoms with Crippen molar-refractivity contribution in [3.8, 4) is 11.5 Å². The summed E-state index contributed by atoms with van der Waals surface area (Å²) in [7, 11) is 1.31. The molecule has 0 bridgehead atoms. The van der Waals surface area contributed by atoms with Gasteiger partial charge in [-0.2, -0.15) is 0 Å². The number of nitrogens with zero attached hydrogens (tertiary/aromatic N) is 1. The molecule has 0 heterocycles. The molecular formula is C12H15N3O6. The summed E-state index contributed by atoms with van der Waals surface area (Å²) in [4.78, 5) is 32.6. The van der Waals surface area contributed by atoms with Crippen molar-refractivity contribution < 1.29 is 24.0 Å². The average molecular weight is 297 g/mol. The second-order valence-corrected chi connectivity index (χ2v) is 3.96. The number of rotatable bonds is 7. The SMILES string of the molecule is CCC(Oc1cc([N+](=O)[O-])c(C=O)cc1OC)C(=O)NN. The van der Waals surface area contributed by atoms with Crippen molar-refractivity contribution in [2.75, 3.05) is 7.11 Å². The van der Waals surface area contributed by atoms with E-state index >= 15 is 0 Å². The maximum Gasteiger partial charge on any atom is 0.283 e. The fourth-order valence-corrected chi connectivity index (χ4v) is 1.64. The number of benzene rings is 1. The maximum atomic E-state index is 11.5. The Balaban J connectivity index is 3.27. The van der Waals surface area contributed by atoms with Gasteiger partial charge in [-0.25, -0.2) is 5.84 Å². The molecule has 0 saturated heterocycles. The number of amides is 1. The third kappa shape index (κ3) is 3.66. The van der Waals surface area contributed by atoms with E-state index < -0.39 is 22.6 Å². The second kappa shape index (κ2) is 7.20. The lowest BCUT2D eigenvalue weighted by atomic mass is 10.1. The third-order valence-corrected chi connectivity index (χ3v) is 2.71. The number of hydrogen-bond donors (Lipinski definition) is 2. The van der Waals surface area contributed by atoms with Crippen LogP contribution in [0.5, 0.6) is 11.5 Å². The van der Waals surface area contributed by atoms with Crippen LogP contribution in [0.4, 0.5) is 5.69 Å². The zero-order chi connectivity index (χ0) is 16.0. The quantitative estimate of drug-likeness (QED) is 0.247. The van der Waals surface area contributed by atoms with Crippen molar-refractivity contribution in [1.29, 1.82) is 0 Å². The van der Waals surface area contributed by atoms with E-state index in [1.807, 2.05) is 5.43 Å². The van der Waals surface area contributed by atoms with Gasteiger partial charge in [0.05, 0.1) is 23.7 Å². The van der Waals surface area contributed by atoms with E-state index in [4.69, 9.17) is 15.3 Å². The predicted octanol–water partition coefficient (Wildman–Crippen LogP) is 0.563. The van der Waals surface area contributed by atoms with Gasteiger partial charge in [-0.15, -0.1) is 0 Å². The molecule has 0 fully saturated rings. The monoisotopic (exact) mass is 297 g/mol. The van der Waals surface area contributed by atoms with Gasteiger partial charge in [-0.1, -0.05) is 6.92 Å². The Hall–Kier alpha value is -2.68. The van der Waals surface area contributed by atoms with Gasteiger partial charge in [0.1, 0.15) is 0 Å². The van der Waals surface area contributed by atoms with E-state index in [0.717, 1.165) is 6.07 Å². The Morgan fingerprint density at radius 2 is 2.19 bits per heavy atom. The molecule has 0 saturated carbocycles. The van der Waals surface area contributed by atoms with Gasteiger partial charge in [-0.3, -0.25) is 25.1 Å². The first kappa shape index (κ1) is 16.4. The van der Waals surface area contributed by atoms with Crippen molar-refractivity contribution in [2.24, 2.45) is 5.84 Å². The van der Waals surface area contributed by atoms with Crippen LogP contribution in [0.15, 0.2) is 12.1 Å². The van der Waals surface area contributed by atoms with Crippen LogP contribution in [0.3, 0.4) is 0 Å². The molecule has 0 aromatic heterocycles. The summed E-state index contributed by atoms with van der Waals surface area (Å²) in [5.74, 6) is 4.53. The minimum Gasteiger partial charge on any atom is -0.493 e. The molecule has 21 heavy (non-hydrogen) atoms. The standard InChI is InChI=1S/C12H15N3O6/c1-3-9(12(17)14-13)21-11-5-8(15(18)19)7(6-16)4-10(11)20-2/h4-6,9H,3,13H2,1-2H3,(H,14,17). The van der Waals surface area contributed by atoms with Crippen LogP contribution >= 0.6 is 0 Å². The van der Waals surface area contributed by atoms with Gasteiger partial charge in [0.15, 0.2) is 23.9 Å². The Morgan fingerprint density at radius 3 is 2.62 bits per heavy atom. The Kier molecular flexibility index (Phi) is 5.61. The van der Waals surface area contributed by atoms with Crippen molar-refractivity contribution in [1.82, 2.24) is 5.43 Å². The molecule has 1 rings (SSSR count). The smallest absolute Gasteiger partial charge is 0.283 e. The summed E-state index contributed by atoms with van der Waals surface area (Å²) in [5.41, 5.74) is 1.35. The minimum atomic E-state index is -0.939. The van der Waals surface area contributed by atoms with E-state index in [2.05, 4.69) is 0 Å². The van der Waals surface area contributed by atoms with Crippen molar-refractivity contribution in [3.05, 3.63) is 27.8 Å². The predicted molar refractivity (Wildman–Crippen MR) is 72.1 cm³/mol. The number of carbonyl (C=O) groups excluding carboxylic acids is 2. The van der Waals surface area contributed by atoms with Crippen molar-refractivity contribution in [2.45, 2.75) is 19.4 Å². The van der Waals surface area contributed by atoms with E-state index in [9.17, 15) is 19.7 Å². The van der Waals surface area contributed by atoms with Gasteiger partial charge < -0.3 is 9.47 Å². The summed E-state index contributed by atoms with van der Waals surface area (Å²) in [6, 6.07) is 2.21. The van der Waals surface area contributed by atoms with Crippen LogP contribution in [0.25, 0.3) is 0 Å². The molecule has 114 valence electrons. The summed E-state index contributed by atoms with van der Waals surface area (Å²) in [6.45, 7) is 1.68. The molecule has 0 radical (unpaired) electrons. The molecule has 9 heteroatoms. The van der Waals surface area contributed by atoms with Crippen molar-refractivity contribution >= 4 is 17.9 Å². The number of nitrogens with one attached hydrogen (secondary N) is 1. The Labute approximate surface area is 120 Å². The summed E-state index contributed by atoms with van der Waals surface area (Å²) in [5, 5.41) is 10.9. The number of methoxy groups -OCH3 is 1. The Bertz CT molecular complexity index is 560. The average Bonchev–Trinajstić information content (AvgIpc) is 2.50. The van der Waals surface area contributed by atoms with E-state index in [1.54, 1.807) is 6.92 Å². The van der Waals surface area contributed by atoms with Gasteiger partial charge in [0, 0.05) is 6.07 Å². The van der Waals surface area contributed by atoms with Crippen LogP contribution in [0.1, 0.15) is 23.7 Å².